The lowest BCUT2D eigenvalue weighted by Gasteiger charge is -2.08. The fraction of sp³-hybridized carbons (Fsp3) is 0.100. The molecule has 2 N–H and O–H groups in total. The van der Waals surface area contributed by atoms with Gasteiger partial charge in [-0.05, 0) is 48.6 Å². The highest BCUT2D eigenvalue weighted by Gasteiger charge is 2.11. The highest BCUT2D eigenvalue weighted by molar-refractivity contribution is 7.71. The van der Waals surface area contributed by atoms with Gasteiger partial charge in [-0.1, -0.05) is 12.1 Å². The highest BCUT2D eigenvalue weighted by Crippen LogP contribution is 2.23. The molecule has 0 aliphatic rings. The molecule has 0 saturated carbocycles. The van der Waals surface area contributed by atoms with Crippen LogP contribution in [-0.4, -0.2) is 32.9 Å². The smallest absolute Gasteiger partial charge is 0.337 e. The van der Waals surface area contributed by atoms with Crippen molar-refractivity contribution in [3.05, 3.63) is 77.0 Å². The number of carbonyl (C=O) groups excluding carboxylic acids is 1. The van der Waals surface area contributed by atoms with E-state index in [1.807, 2.05) is 36.4 Å². The lowest BCUT2D eigenvalue weighted by molar-refractivity contribution is 0.0600. The molecule has 0 spiro atoms. The fourth-order valence-electron chi connectivity index (χ4n) is 2.81. The summed E-state index contributed by atoms with van der Waals surface area (Å²) in [6.07, 6.45) is 3.39. The van der Waals surface area contributed by atoms with E-state index in [0.29, 0.717) is 28.5 Å². The summed E-state index contributed by atoms with van der Waals surface area (Å²) in [5.74, 6) is 1.70. The van der Waals surface area contributed by atoms with E-state index in [9.17, 15) is 4.79 Å². The van der Waals surface area contributed by atoms with E-state index in [4.69, 9.17) is 21.4 Å². The lowest BCUT2D eigenvalue weighted by atomic mass is 10.1. The molecule has 0 radical (unpaired) electrons. The Morgan fingerprint density at radius 3 is 2.62 bits per heavy atom. The quantitative estimate of drug-likeness (QED) is 0.371. The molecule has 0 fully saturated rings. The molecule has 0 amide bonds. The first kappa shape index (κ1) is 18.6. The van der Waals surface area contributed by atoms with Crippen LogP contribution in [-0.2, 0) is 11.3 Å². The van der Waals surface area contributed by atoms with Crippen molar-refractivity contribution in [2.24, 2.45) is 0 Å². The first-order valence-electron chi connectivity index (χ1n) is 8.75. The number of hydrogen-bond donors (Lipinski definition) is 2. The topological polar surface area (TPSA) is 98.0 Å². The third kappa shape index (κ3) is 3.94. The number of benzene rings is 1. The number of aromatic amines is 1. The van der Waals surface area contributed by atoms with Crippen molar-refractivity contribution in [3.63, 3.8) is 0 Å². The van der Waals surface area contributed by atoms with E-state index in [1.54, 1.807) is 29.2 Å². The van der Waals surface area contributed by atoms with Gasteiger partial charge in [-0.2, -0.15) is 5.10 Å². The minimum absolute atomic E-state index is 0.372. The van der Waals surface area contributed by atoms with E-state index < -0.39 is 0 Å². The molecule has 0 unspecified atom stereocenters. The number of carbonyl (C=O) groups is 1. The third-order valence-corrected chi connectivity index (χ3v) is 4.55. The number of methoxy groups -OCH3 is 1. The number of hydrogen-bond acceptors (Lipinski definition) is 7. The number of nitrogens with one attached hydrogen (secondary N) is 2. The van der Waals surface area contributed by atoms with Gasteiger partial charge >= 0.3 is 5.97 Å². The van der Waals surface area contributed by atoms with Crippen LogP contribution in [0.5, 0.6) is 0 Å². The first-order valence-corrected chi connectivity index (χ1v) is 9.15. The molecule has 3 heterocycles. The van der Waals surface area contributed by atoms with Crippen molar-refractivity contribution in [1.29, 1.82) is 0 Å². The van der Waals surface area contributed by atoms with Gasteiger partial charge in [-0.25, -0.2) is 14.6 Å². The summed E-state index contributed by atoms with van der Waals surface area (Å²) in [6, 6.07) is 14.5. The molecule has 0 bridgehead atoms. The third-order valence-electron chi connectivity index (χ3n) is 4.27. The Labute approximate surface area is 171 Å². The Hall–Kier alpha value is -3.72. The lowest BCUT2D eigenvalue weighted by Crippen LogP contribution is -2.15. The summed E-state index contributed by atoms with van der Waals surface area (Å²) in [5.41, 5.74) is 5.45. The molecule has 8 nitrogen and oxygen atoms in total. The molecule has 1 aromatic carbocycles. The van der Waals surface area contributed by atoms with Crippen molar-refractivity contribution in [2.45, 2.75) is 6.54 Å². The molecule has 4 aromatic rings. The average Bonchev–Trinajstić information content (AvgIpc) is 3.39. The van der Waals surface area contributed by atoms with Crippen molar-refractivity contribution >= 4 is 18.2 Å². The standard InChI is InChI=1S/C20H17N5O3S/c1-27-19(26)15-4-2-13(3-5-15)17-7-6-16(28-17)12-22-25-18(23-24-20(25)29)14-8-10-21-11-9-14/h2-11,22H,12H2,1H3,(H,24,29). The second-order valence-corrected chi connectivity index (χ2v) is 6.48. The minimum atomic E-state index is -0.372. The number of furan rings is 1. The molecule has 146 valence electrons. The first-order chi connectivity index (χ1) is 14.2. The molecule has 4 rings (SSSR count). The van der Waals surface area contributed by atoms with Crippen molar-refractivity contribution in [3.8, 4) is 22.7 Å². The predicted octanol–water partition coefficient (Wildman–Crippen LogP) is 3.79. The molecule has 3 aromatic heterocycles. The molecule has 29 heavy (non-hydrogen) atoms. The Balaban J connectivity index is 1.49. The minimum Gasteiger partial charge on any atom is -0.465 e. The SMILES string of the molecule is COC(=O)c1ccc(-c2ccc(CNn3c(-c4ccncc4)n[nH]c3=S)o2)cc1. The van der Waals surface area contributed by atoms with Gasteiger partial charge in [0.1, 0.15) is 11.5 Å². The predicted molar refractivity (Wildman–Crippen MR) is 109 cm³/mol. The van der Waals surface area contributed by atoms with Gasteiger partial charge in [0, 0.05) is 23.5 Å². The van der Waals surface area contributed by atoms with Gasteiger partial charge < -0.3 is 14.6 Å². The molecule has 0 aliphatic heterocycles. The summed E-state index contributed by atoms with van der Waals surface area (Å²) in [6.45, 7) is 0.409. The van der Waals surface area contributed by atoms with Gasteiger partial charge in [0.15, 0.2) is 5.82 Å². The maximum Gasteiger partial charge on any atom is 0.337 e. The van der Waals surface area contributed by atoms with Crippen molar-refractivity contribution in [2.75, 3.05) is 12.5 Å². The number of nitrogens with zero attached hydrogens (tertiary/aromatic N) is 3. The molecule has 9 heteroatoms. The molecular weight excluding hydrogens is 390 g/mol. The van der Waals surface area contributed by atoms with E-state index in [1.165, 1.54) is 7.11 Å². The maximum absolute atomic E-state index is 11.5. The fourth-order valence-corrected chi connectivity index (χ4v) is 3.01. The Bertz CT molecular complexity index is 1180. The number of rotatable bonds is 6. The summed E-state index contributed by atoms with van der Waals surface area (Å²) in [4.78, 5) is 15.6. The van der Waals surface area contributed by atoms with Gasteiger partial charge in [-0.15, -0.1) is 0 Å². The van der Waals surface area contributed by atoms with Crippen molar-refractivity contribution in [1.82, 2.24) is 19.9 Å². The van der Waals surface area contributed by atoms with E-state index in [0.717, 1.165) is 16.9 Å². The summed E-state index contributed by atoms with van der Waals surface area (Å²) >= 11 is 5.31. The van der Waals surface area contributed by atoms with Crippen LogP contribution >= 0.6 is 12.2 Å². The van der Waals surface area contributed by atoms with Gasteiger partial charge in [0.05, 0.1) is 19.2 Å². The van der Waals surface area contributed by atoms with Gasteiger partial charge in [0.25, 0.3) is 0 Å². The Morgan fingerprint density at radius 2 is 1.90 bits per heavy atom. The zero-order valence-corrected chi connectivity index (χ0v) is 16.3. The van der Waals surface area contributed by atoms with Gasteiger partial charge in [-0.3, -0.25) is 4.98 Å². The van der Waals surface area contributed by atoms with Crippen molar-refractivity contribution < 1.29 is 13.9 Å². The van der Waals surface area contributed by atoms with Crippen LogP contribution in [0.3, 0.4) is 0 Å². The molecule has 0 saturated heterocycles. The summed E-state index contributed by atoms with van der Waals surface area (Å²) in [5, 5.41) is 7.05. The zero-order valence-electron chi connectivity index (χ0n) is 15.5. The maximum atomic E-state index is 11.5. The van der Waals surface area contributed by atoms with Crippen LogP contribution in [0.4, 0.5) is 0 Å². The van der Waals surface area contributed by atoms with Crippen LogP contribution in [0, 0.1) is 4.77 Å². The highest BCUT2D eigenvalue weighted by atomic mass is 32.1. The number of aromatic nitrogens is 4. The summed E-state index contributed by atoms with van der Waals surface area (Å²) < 4.78 is 12.8. The number of ether oxygens (including phenoxy) is 1. The summed E-state index contributed by atoms with van der Waals surface area (Å²) in [7, 11) is 1.36. The van der Waals surface area contributed by atoms with Crippen LogP contribution in [0.25, 0.3) is 22.7 Å². The van der Waals surface area contributed by atoms with Crippen LogP contribution in [0.1, 0.15) is 16.1 Å². The van der Waals surface area contributed by atoms with Crippen LogP contribution < -0.4 is 5.43 Å². The average molecular weight is 407 g/mol. The second-order valence-electron chi connectivity index (χ2n) is 6.09. The zero-order chi connectivity index (χ0) is 20.2. The molecular formula is C20H17N5O3S. The van der Waals surface area contributed by atoms with E-state index in [-0.39, 0.29) is 5.97 Å². The largest absolute Gasteiger partial charge is 0.465 e. The van der Waals surface area contributed by atoms with E-state index >= 15 is 0 Å². The van der Waals surface area contributed by atoms with Crippen LogP contribution in [0.15, 0.2) is 65.3 Å². The monoisotopic (exact) mass is 407 g/mol. The molecule has 0 atom stereocenters. The number of esters is 1. The normalized spacial score (nSPS) is 10.7. The van der Waals surface area contributed by atoms with E-state index in [2.05, 4.69) is 20.6 Å². The second kappa shape index (κ2) is 8.11. The van der Waals surface area contributed by atoms with Crippen LogP contribution in [0.2, 0.25) is 0 Å². The molecule has 0 aliphatic carbocycles. The Kier molecular flexibility index (Phi) is 5.21. The number of pyridine rings is 1. The number of H-pyrrole nitrogens is 1. The Morgan fingerprint density at radius 1 is 1.14 bits per heavy atom. The van der Waals surface area contributed by atoms with Gasteiger partial charge in [0.2, 0.25) is 4.77 Å².